The topological polar surface area (TPSA) is 59.8 Å². The molecule has 1 aliphatic heterocycles. The molecule has 1 aliphatic carbocycles. The van der Waals surface area contributed by atoms with Crippen molar-refractivity contribution >= 4 is 23.1 Å². The number of anilines is 1. The Balaban J connectivity index is 1.59. The number of fused-ring (bicyclic) bond motifs is 2. The molecular weight excluding hydrogens is 368 g/mol. The molecule has 6 heteroatoms. The Morgan fingerprint density at radius 1 is 1.21 bits per heavy atom. The molecule has 3 heterocycles. The number of hydrogen-bond acceptors (Lipinski definition) is 5. The van der Waals surface area contributed by atoms with Crippen LogP contribution in [0.2, 0.25) is 0 Å². The van der Waals surface area contributed by atoms with E-state index in [1.165, 1.54) is 10.4 Å². The molecule has 0 bridgehead atoms. The number of carbonyl (C=O) groups excluding carboxylic acids is 1. The van der Waals surface area contributed by atoms with Crippen LogP contribution in [0.15, 0.2) is 59.9 Å². The Morgan fingerprint density at radius 3 is 2.75 bits per heavy atom. The summed E-state index contributed by atoms with van der Waals surface area (Å²) in [5.74, 6) is 1.30. The average molecular weight is 391 g/mol. The van der Waals surface area contributed by atoms with Gasteiger partial charge in [-0.15, -0.1) is 11.3 Å². The Bertz CT molecular complexity index is 1030. The molecule has 2 aliphatic rings. The van der Waals surface area contributed by atoms with Crippen LogP contribution in [0.5, 0.6) is 0 Å². The maximum atomic E-state index is 13.3. The van der Waals surface area contributed by atoms with E-state index in [0.29, 0.717) is 18.3 Å². The van der Waals surface area contributed by atoms with Crippen LogP contribution in [0, 0.1) is 5.92 Å². The molecule has 142 valence electrons. The quantitative estimate of drug-likeness (QED) is 0.702. The fourth-order valence-electron chi connectivity index (χ4n) is 4.27. The fourth-order valence-corrected chi connectivity index (χ4v) is 5.07. The summed E-state index contributed by atoms with van der Waals surface area (Å²) in [4.78, 5) is 18.9. The zero-order valence-corrected chi connectivity index (χ0v) is 16.7. The standard InChI is InChI=1S/C22H22N4OS/c1-13(2)14-5-7-15(8-6-14)21-20-17(25-22-23-12-24-26(21)22)10-16(11-18(20)27)19-4-3-9-28-19/h3-10,12-13,16,20-21H,11H2,1-2H3,(H,23,24,25)/t16-,20-,21-/m0/s1. The first-order valence-corrected chi connectivity index (χ1v) is 10.5. The third kappa shape index (κ3) is 2.79. The second-order valence-electron chi connectivity index (χ2n) is 7.81. The average Bonchev–Trinajstić information content (AvgIpc) is 3.38. The minimum absolute atomic E-state index is 0.129. The van der Waals surface area contributed by atoms with Gasteiger partial charge in [-0.2, -0.15) is 10.1 Å². The van der Waals surface area contributed by atoms with Gasteiger partial charge in [-0.3, -0.25) is 4.79 Å². The van der Waals surface area contributed by atoms with Gasteiger partial charge in [-0.25, -0.2) is 4.68 Å². The van der Waals surface area contributed by atoms with E-state index in [1.54, 1.807) is 17.7 Å². The highest BCUT2D eigenvalue weighted by Crippen LogP contribution is 2.44. The van der Waals surface area contributed by atoms with Gasteiger partial charge >= 0.3 is 0 Å². The number of rotatable bonds is 3. The first-order chi connectivity index (χ1) is 13.6. The molecule has 5 nitrogen and oxygen atoms in total. The molecule has 0 spiro atoms. The molecule has 0 unspecified atom stereocenters. The van der Waals surface area contributed by atoms with Crippen molar-refractivity contribution in [1.82, 2.24) is 14.8 Å². The van der Waals surface area contributed by atoms with Crippen LogP contribution in [0.3, 0.4) is 0 Å². The smallest absolute Gasteiger partial charge is 0.226 e. The van der Waals surface area contributed by atoms with Gasteiger partial charge in [-0.1, -0.05) is 50.3 Å². The fraction of sp³-hybridized carbons (Fsp3) is 0.318. The van der Waals surface area contributed by atoms with Crippen LogP contribution in [0.25, 0.3) is 0 Å². The molecule has 28 heavy (non-hydrogen) atoms. The van der Waals surface area contributed by atoms with Gasteiger partial charge < -0.3 is 5.32 Å². The Hall–Kier alpha value is -2.73. The van der Waals surface area contributed by atoms with Crippen LogP contribution in [0.4, 0.5) is 5.95 Å². The number of benzene rings is 1. The molecule has 0 saturated carbocycles. The van der Waals surface area contributed by atoms with Crippen LogP contribution in [-0.4, -0.2) is 20.5 Å². The van der Waals surface area contributed by atoms with Crippen molar-refractivity contribution in [3.05, 3.63) is 75.9 Å². The van der Waals surface area contributed by atoms with Crippen molar-refractivity contribution in [3.63, 3.8) is 0 Å². The molecule has 1 N–H and O–H groups in total. The molecule has 3 aromatic rings. The number of nitrogens with zero attached hydrogens (tertiary/aromatic N) is 3. The lowest BCUT2D eigenvalue weighted by Gasteiger charge is -2.37. The first kappa shape index (κ1) is 17.4. The first-order valence-electron chi connectivity index (χ1n) is 9.66. The van der Waals surface area contributed by atoms with Crippen molar-refractivity contribution in [2.24, 2.45) is 5.92 Å². The van der Waals surface area contributed by atoms with Gasteiger partial charge in [0.1, 0.15) is 12.1 Å². The summed E-state index contributed by atoms with van der Waals surface area (Å²) in [6.07, 6.45) is 4.30. The number of allylic oxidation sites excluding steroid dienone is 2. The molecule has 0 fully saturated rings. The Morgan fingerprint density at radius 2 is 2.04 bits per heavy atom. The lowest BCUT2D eigenvalue weighted by atomic mass is 9.77. The van der Waals surface area contributed by atoms with Crippen molar-refractivity contribution in [2.75, 3.05) is 5.32 Å². The normalized spacial score (nSPS) is 23.8. The van der Waals surface area contributed by atoms with E-state index in [4.69, 9.17) is 0 Å². The summed E-state index contributed by atoms with van der Waals surface area (Å²) in [5.41, 5.74) is 3.34. The highest BCUT2D eigenvalue weighted by atomic mass is 32.1. The minimum atomic E-state index is -0.254. The van der Waals surface area contributed by atoms with Crippen molar-refractivity contribution in [3.8, 4) is 0 Å². The highest BCUT2D eigenvalue weighted by molar-refractivity contribution is 7.10. The van der Waals surface area contributed by atoms with Gasteiger partial charge in [0.25, 0.3) is 0 Å². The Labute approximate surface area is 168 Å². The predicted molar refractivity (Wildman–Crippen MR) is 111 cm³/mol. The summed E-state index contributed by atoms with van der Waals surface area (Å²) < 4.78 is 1.86. The third-order valence-corrected chi connectivity index (χ3v) is 6.75. The van der Waals surface area contributed by atoms with E-state index in [-0.39, 0.29) is 23.7 Å². The number of hydrogen-bond donors (Lipinski definition) is 1. The minimum Gasteiger partial charge on any atom is -0.328 e. The van der Waals surface area contributed by atoms with Gasteiger partial charge in [0.2, 0.25) is 5.95 Å². The maximum Gasteiger partial charge on any atom is 0.226 e. The van der Waals surface area contributed by atoms with Gasteiger partial charge in [0, 0.05) is 22.9 Å². The SMILES string of the molecule is CC(C)c1ccc([C@H]2[C@@H]3C(=O)C[C@@H](c4cccs4)C=C3Nc3ncnn32)cc1. The molecule has 0 amide bonds. The number of carbonyl (C=O) groups is 1. The second-order valence-corrected chi connectivity index (χ2v) is 8.79. The second kappa shape index (κ2) is 6.71. The van der Waals surface area contributed by atoms with Crippen LogP contribution in [-0.2, 0) is 4.79 Å². The monoisotopic (exact) mass is 390 g/mol. The van der Waals surface area contributed by atoms with Crippen molar-refractivity contribution < 1.29 is 4.79 Å². The van der Waals surface area contributed by atoms with Crippen LogP contribution >= 0.6 is 11.3 Å². The summed E-state index contributed by atoms with van der Waals surface area (Å²) in [6.45, 7) is 4.37. The van der Waals surface area contributed by atoms with Gasteiger partial charge in [-0.05, 0) is 28.5 Å². The maximum absolute atomic E-state index is 13.3. The van der Waals surface area contributed by atoms with E-state index in [2.05, 4.69) is 71.0 Å². The van der Waals surface area contributed by atoms with E-state index >= 15 is 0 Å². The number of Topliss-reactive ketones (excluding diaryl/α,β-unsaturated/α-hetero) is 1. The molecule has 3 atom stereocenters. The van der Waals surface area contributed by atoms with E-state index in [1.807, 2.05) is 10.7 Å². The zero-order chi connectivity index (χ0) is 19.3. The van der Waals surface area contributed by atoms with E-state index in [0.717, 1.165) is 11.3 Å². The van der Waals surface area contributed by atoms with Gasteiger partial charge in [0.05, 0.1) is 12.0 Å². The molecule has 0 saturated heterocycles. The van der Waals surface area contributed by atoms with Crippen LogP contribution in [0.1, 0.15) is 54.1 Å². The summed E-state index contributed by atoms with van der Waals surface area (Å²) in [5, 5.41) is 9.86. The molecular formula is C22H22N4OS. The molecule has 5 rings (SSSR count). The molecule has 0 radical (unpaired) electrons. The number of ketones is 1. The van der Waals surface area contributed by atoms with Crippen molar-refractivity contribution in [2.45, 2.75) is 38.1 Å². The van der Waals surface area contributed by atoms with Crippen molar-refractivity contribution in [1.29, 1.82) is 0 Å². The third-order valence-electron chi connectivity index (χ3n) is 5.75. The largest absolute Gasteiger partial charge is 0.328 e. The van der Waals surface area contributed by atoms with Crippen LogP contribution < -0.4 is 5.32 Å². The number of nitrogens with one attached hydrogen (secondary N) is 1. The highest BCUT2D eigenvalue weighted by Gasteiger charge is 2.43. The van der Waals surface area contributed by atoms with E-state index < -0.39 is 0 Å². The number of thiophene rings is 1. The summed E-state index contributed by atoms with van der Waals surface area (Å²) >= 11 is 1.70. The van der Waals surface area contributed by atoms with E-state index in [9.17, 15) is 4.79 Å². The van der Waals surface area contributed by atoms with Gasteiger partial charge in [0.15, 0.2) is 0 Å². The lowest BCUT2D eigenvalue weighted by Crippen LogP contribution is -2.40. The lowest BCUT2D eigenvalue weighted by molar-refractivity contribution is -0.123. The number of aromatic nitrogens is 3. The Kier molecular flexibility index (Phi) is 4.16. The predicted octanol–water partition coefficient (Wildman–Crippen LogP) is 4.73. The summed E-state index contributed by atoms with van der Waals surface area (Å²) in [6, 6.07) is 12.6. The molecule has 1 aromatic carbocycles. The summed E-state index contributed by atoms with van der Waals surface area (Å²) in [7, 11) is 0. The zero-order valence-electron chi connectivity index (χ0n) is 15.9. The molecule has 2 aromatic heterocycles.